The van der Waals surface area contributed by atoms with Gasteiger partial charge in [0.25, 0.3) is 5.91 Å². The van der Waals surface area contributed by atoms with E-state index < -0.39 is 5.91 Å². The molecule has 5 heteroatoms. The highest BCUT2D eigenvalue weighted by molar-refractivity contribution is 5.97. The number of phenolic OH excluding ortho intramolecular Hbond substituents is 2. The van der Waals surface area contributed by atoms with E-state index in [1.165, 1.54) is 24.4 Å². The molecule has 0 saturated carbocycles. The second-order valence-electron chi connectivity index (χ2n) is 4.26. The van der Waals surface area contributed by atoms with Gasteiger partial charge in [-0.2, -0.15) is 5.10 Å². The first kappa shape index (κ1) is 13.6. The van der Waals surface area contributed by atoms with Gasteiger partial charge in [-0.05, 0) is 36.2 Å². The van der Waals surface area contributed by atoms with Crippen molar-refractivity contribution < 1.29 is 15.0 Å². The third-order valence-corrected chi connectivity index (χ3v) is 2.78. The van der Waals surface area contributed by atoms with Gasteiger partial charge in [0.2, 0.25) is 0 Å². The van der Waals surface area contributed by atoms with Crippen LogP contribution in [0.3, 0.4) is 0 Å². The first-order valence-corrected chi connectivity index (χ1v) is 5.99. The molecule has 0 unspecified atom stereocenters. The Balaban J connectivity index is 2.09. The summed E-state index contributed by atoms with van der Waals surface area (Å²) in [6.45, 7) is 1.93. The molecule has 0 aromatic heterocycles. The van der Waals surface area contributed by atoms with E-state index in [0.717, 1.165) is 11.1 Å². The maximum atomic E-state index is 11.8. The molecule has 0 aliphatic carbocycles. The molecule has 1 amide bonds. The van der Waals surface area contributed by atoms with E-state index in [0.29, 0.717) is 0 Å². The Hall–Kier alpha value is -2.82. The maximum Gasteiger partial charge on any atom is 0.275 e. The van der Waals surface area contributed by atoms with Crippen molar-refractivity contribution in [1.29, 1.82) is 0 Å². The molecule has 3 N–H and O–H groups in total. The molecule has 0 saturated heterocycles. The molecule has 0 fully saturated rings. The highest BCUT2D eigenvalue weighted by Crippen LogP contribution is 2.21. The van der Waals surface area contributed by atoms with E-state index in [1.807, 2.05) is 31.2 Å². The zero-order chi connectivity index (χ0) is 14.5. The van der Waals surface area contributed by atoms with E-state index in [-0.39, 0.29) is 17.1 Å². The molecule has 0 spiro atoms. The van der Waals surface area contributed by atoms with E-state index in [1.54, 1.807) is 0 Å². The van der Waals surface area contributed by atoms with Gasteiger partial charge < -0.3 is 10.2 Å². The van der Waals surface area contributed by atoms with Crippen LogP contribution in [0, 0.1) is 6.92 Å². The number of hydrazone groups is 1. The number of benzene rings is 2. The second-order valence-corrected chi connectivity index (χ2v) is 4.26. The molecule has 2 aromatic carbocycles. The summed E-state index contributed by atoms with van der Waals surface area (Å²) >= 11 is 0. The number of carbonyl (C=O) groups is 1. The van der Waals surface area contributed by atoms with Gasteiger partial charge in [-0.15, -0.1) is 0 Å². The number of nitrogens with zero attached hydrogens (tertiary/aromatic N) is 1. The molecule has 102 valence electrons. The van der Waals surface area contributed by atoms with Crippen LogP contribution < -0.4 is 5.43 Å². The molecule has 2 aromatic rings. The lowest BCUT2D eigenvalue weighted by atomic mass is 10.1. The highest BCUT2D eigenvalue weighted by atomic mass is 16.3. The molecule has 0 atom stereocenters. The average Bonchev–Trinajstić information content (AvgIpc) is 2.43. The van der Waals surface area contributed by atoms with Crippen LogP contribution in [0.25, 0.3) is 0 Å². The van der Waals surface area contributed by atoms with Crippen molar-refractivity contribution in [2.75, 3.05) is 0 Å². The summed E-state index contributed by atoms with van der Waals surface area (Å²) in [5.74, 6) is -0.912. The van der Waals surface area contributed by atoms with Gasteiger partial charge in [0.05, 0.1) is 11.8 Å². The number of carbonyl (C=O) groups excluding carboxylic acids is 1. The fourth-order valence-corrected chi connectivity index (χ4v) is 1.66. The first-order valence-electron chi connectivity index (χ1n) is 5.99. The van der Waals surface area contributed by atoms with Crippen LogP contribution in [-0.4, -0.2) is 22.3 Å². The van der Waals surface area contributed by atoms with Crippen molar-refractivity contribution >= 4 is 12.1 Å². The van der Waals surface area contributed by atoms with Gasteiger partial charge in [0, 0.05) is 0 Å². The topological polar surface area (TPSA) is 81.9 Å². The average molecular weight is 270 g/mol. The van der Waals surface area contributed by atoms with Crippen molar-refractivity contribution in [2.45, 2.75) is 6.92 Å². The largest absolute Gasteiger partial charge is 0.508 e. The zero-order valence-electron chi connectivity index (χ0n) is 10.9. The number of aromatic hydroxyl groups is 2. The third kappa shape index (κ3) is 3.14. The molecular weight excluding hydrogens is 256 g/mol. The number of rotatable bonds is 3. The zero-order valence-corrected chi connectivity index (χ0v) is 10.9. The number of hydrogen-bond donors (Lipinski definition) is 3. The summed E-state index contributed by atoms with van der Waals surface area (Å²) in [6, 6.07) is 11.3. The minimum Gasteiger partial charge on any atom is -0.508 e. The van der Waals surface area contributed by atoms with Gasteiger partial charge in [0.1, 0.15) is 11.5 Å². The van der Waals surface area contributed by atoms with Crippen molar-refractivity contribution in [2.24, 2.45) is 5.10 Å². The summed E-state index contributed by atoms with van der Waals surface area (Å²) in [7, 11) is 0. The maximum absolute atomic E-state index is 11.8. The normalized spacial score (nSPS) is 10.7. The SMILES string of the molecule is Cc1ccccc1/C=N/NC(=O)c1cc(O)ccc1O. The first-order chi connectivity index (χ1) is 9.58. The van der Waals surface area contributed by atoms with Gasteiger partial charge in [-0.25, -0.2) is 5.43 Å². The van der Waals surface area contributed by atoms with E-state index >= 15 is 0 Å². The van der Waals surface area contributed by atoms with Crippen LogP contribution in [0.5, 0.6) is 11.5 Å². The molecule has 0 heterocycles. The second kappa shape index (κ2) is 5.88. The predicted octanol–water partition coefficient (Wildman–Crippen LogP) is 2.17. The fourth-order valence-electron chi connectivity index (χ4n) is 1.66. The van der Waals surface area contributed by atoms with Crippen LogP contribution in [0.15, 0.2) is 47.6 Å². The number of amides is 1. The van der Waals surface area contributed by atoms with E-state index in [9.17, 15) is 15.0 Å². The van der Waals surface area contributed by atoms with Crippen LogP contribution in [-0.2, 0) is 0 Å². The van der Waals surface area contributed by atoms with Gasteiger partial charge in [0.15, 0.2) is 0 Å². The fraction of sp³-hybridized carbons (Fsp3) is 0.0667. The van der Waals surface area contributed by atoms with E-state index in [2.05, 4.69) is 10.5 Å². The molecular formula is C15H14N2O3. The monoisotopic (exact) mass is 270 g/mol. The Labute approximate surface area is 116 Å². The molecule has 2 rings (SSSR count). The number of hydrogen-bond acceptors (Lipinski definition) is 4. The highest BCUT2D eigenvalue weighted by Gasteiger charge is 2.10. The Morgan fingerprint density at radius 1 is 1.20 bits per heavy atom. The molecule has 0 aliphatic heterocycles. The number of aryl methyl sites for hydroxylation is 1. The lowest BCUT2D eigenvalue weighted by Gasteiger charge is -2.03. The summed E-state index contributed by atoms with van der Waals surface area (Å²) in [5.41, 5.74) is 4.18. The van der Waals surface area contributed by atoms with Crippen LogP contribution in [0.2, 0.25) is 0 Å². The Bertz CT molecular complexity index is 666. The standard InChI is InChI=1S/C15H14N2O3/c1-10-4-2-3-5-11(10)9-16-17-15(20)13-8-12(18)6-7-14(13)19/h2-9,18-19H,1H3,(H,17,20)/b16-9+. The Kier molecular flexibility index (Phi) is 4.00. The molecule has 5 nitrogen and oxygen atoms in total. The van der Waals surface area contributed by atoms with E-state index in [4.69, 9.17) is 0 Å². The summed E-state index contributed by atoms with van der Waals surface area (Å²) in [6.07, 6.45) is 1.52. The predicted molar refractivity (Wildman–Crippen MR) is 76.0 cm³/mol. The van der Waals surface area contributed by atoms with Gasteiger partial charge >= 0.3 is 0 Å². The Morgan fingerprint density at radius 3 is 2.70 bits per heavy atom. The van der Waals surface area contributed by atoms with Crippen molar-refractivity contribution in [1.82, 2.24) is 5.43 Å². The Morgan fingerprint density at radius 2 is 1.95 bits per heavy atom. The summed E-state index contributed by atoms with van der Waals surface area (Å²) in [4.78, 5) is 11.8. The van der Waals surface area contributed by atoms with Crippen molar-refractivity contribution in [3.8, 4) is 11.5 Å². The summed E-state index contributed by atoms with van der Waals surface area (Å²) < 4.78 is 0. The minimum absolute atomic E-state index is 0.0352. The lowest BCUT2D eigenvalue weighted by molar-refractivity contribution is 0.0952. The van der Waals surface area contributed by atoms with Gasteiger partial charge in [-0.3, -0.25) is 4.79 Å². The minimum atomic E-state index is -0.594. The number of phenols is 2. The van der Waals surface area contributed by atoms with Crippen LogP contribution in [0.4, 0.5) is 0 Å². The van der Waals surface area contributed by atoms with Crippen LogP contribution in [0.1, 0.15) is 21.5 Å². The molecule has 0 aliphatic rings. The molecule has 0 bridgehead atoms. The third-order valence-electron chi connectivity index (χ3n) is 2.78. The lowest BCUT2D eigenvalue weighted by Crippen LogP contribution is -2.17. The quantitative estimate of drug-likeness (QED) is 0.454. The summed E-state index contributed by atoms with van der Waals surface area (Å²) in [5, 5.41) is 22.7. The smallest absolute Gasteiger partial charge is 0.275 e. The van der Waals surface area contributed by atoms with Gasteiger partial charge in [-0.1, -0.05) is 24.3 Å². The van der Waals surface area contributed by atoms with Crippen molar-refractivity contribution in [3.63, 3.8) is 0 Å². The molecule has 20 heavy (non-hydrogen) atoms. The molecule has 0 radical (unpaired) electrons. The van der Waals surface area contributed by atoms with Crippen LogP contribution >= 0.6 is 0 Å². The van der Waals surface area contributed by atoms with Crippen molar-refractivity contribution in [3.05, 3.63) is 59.2 Å². The number of nitrogens with one attached hydrogen (secondary N) is 1.